The van der Waals surface area contributed by atoms with Gasteiger partial charge in [-0.25, -0.2) is 0 Å². The molecule has 0 radical (unpaired) electrons. The molecule has 2 aromatic carbocycles. The molecule has 1 heterocycles. The third-order valence-corrected chi connectivity index (χ3v) is 4.00. The van der Waals surface area contributed by atoms with Crippen LogP contribution in [0.4, 0.5) is 5.69 Å². The van der Waals surface area contributed by atoms with Gasteiger partial charge in [0.2, 0.25) is 5.91 Å². The largest absolute Gasteiger partial charge is 0.497 e. The van der Waals surface area contributed by atoms with E-state index in [4.69, 9.17) is 4.74 Å². The van der Waals surface area contributed by atoms with Crippen LogP contribution in [0.2, 0.25) is 0 Å². The molecule has 25 heavy (non-hydrogen) atoms. The first kappa shape index (κ1) is 16.8. The van der Waals surface area contributed by atoms with E-state index >= 15 is 0 Å². The fourth-order valence-corrected chi connectivity index (χ4v) is 2.56. The lowest BCUT2D eigenvalue weighted by Crippen LogP contribution is -2.17. The van der Waals surface area contributed by atoms with E-state index in [2.05, 4.69) is 10.3 Å². The number of amides is 1. The molecule has 3 rings (SSSR count). The van der Waals surface area contributed by atoms with Crippen LogP contribution in [-0.4, -0.2) is 18.0 Å². The predicted octanol–water partition coefficient (Wildman–Crippen LogP) is 3.80. The fourth-order valence-electron chi connectivity index (χ4n) is 2.56. The molecule has 0 spiro atoms. The molecule has 0 unspecified atom stereocenters. The van der Waals surface area contributed by atoms with Crippen molar-refractivity contribution >= 4 is 22.5 Å². The second-order valence-electron chi connectivity index (χ2n) is 6.18. The Bertz CT molecular complexity index is 990. The molecule has 0 aliphatic rings. The van der Waals surface area contributed by atoms with Crippen LogP contribution in [0.5, 0.6) is 5.75 Å². The summed E-state index contributed by atoms with van der Waals surface area (Å²) >= 11 is 0. The highest BCUT2D eigenvalue weighted by atomic mass is 16.5. The summed E-state index contributed by atoms with van der Waals surface area (Å²) in [7, 11) is 1.61. The van der Waals surface area contributed by atoms with Crippen LogP contribution in [0.3, 0.4) is 0 Å². The van der Waals surface area contributed by atoms with Gasteiger partial charge >= 0.3 is 0 Å². The summed E-state index contributed by atoms with van der Waals surface area (Å²) in [6.07, 6.45) is 0. The molecule has 0 fully saturated rings. The average Bonchev–Trinajstić information content (AvgIpc) is 2.62. The van der Waals surface area contributed by atoms with Gasteiger partial charge in [0.15, 0.2) is 5.43 Å². The maximum Gasteiger partial charge on any atom is 0.226 e. The Morgan fingerprint density at radius 3 is 2.64 bits per heavy atom. The van der Waals surface area contributed by atoms with Crippen molar-refractivity contribution in [2.45, 2.75) is 13.8 Å². The second kappa shape index (κ2) is 6.81. The van der Waals surface area contributed by atoms with Crippen LogP contribution in [0.25, 0.3) is 22.2 Å². The van der Waals surface area contributed by atoms with E-state index in [9.17, 15) is 9.59 Å². The summed E-state index contributed by atoms with van der Waals surface area (Å²) in [6.45, 7) is 3.65. The zero-order valence-electron chi connectivity index (χ0n) is 14.4. The number of fused-ring (bicyclic) bond motifs is 1. The summed E-state index contributed by atoms with van der Waals surface area (Å²) in [6, 6.07) is 14.4. The summed E-state index contributed by atoms with van der Waals surface area (Å²) in [5.74, 6) is 0.526. The van der Waals surface area contributed by atoms with Crippen molar-refractivity contribution in [3.63, 3.8) is 0 Å². The quantitative estimate of drug-likeness (QED) is 0.761. The summed E-state index contributed by atoms with van der Waals surface area (Å²) in [5, 5.41) is 3.35. The third kappa shape index (κ3) is 3.55. The maximum absolute atomic E-state index is 12.5. The van der Waals surface area contributed by atoms with Gasteiger partial charge in [-0.2, -0.15) is 0 Å². The van der Waals surface area contributed by atoms with Crippen molar-refractivity contribution in [3.05, 3.63) is 58.8 Å². The first-order valence-corrected chi connectivity index (χ1v) is 8.10. The molecule has 0 atom stereocenters. The molecule has 1 aromatic heterocycles. The number of hydrogen-bond donors (Lipinski definition) is 2. The first-order chi connectivity index (χ1) is 12.0. The standard InChI is InChI=1S/C20H20N2O3/c1-12(2)20(24)21-14-7-8-17-16(10-14)19(23)11-18(22-17)13-5-4-6-15(9-13)25-3/h4-12H,1-3H3,(H,21,24)(H,22,23). The number of hydrogen-bond acceptors (Lipinski definition) is 3. The molecule has 0 aliphatic carbocycles. The highest BCUT2D eigenvalue weighted by molar-refractivity contribution is 5.94. The minimum absolute atomic E-state index is 0.0798. The van der Waals surface area contributed by atoms with E-state index in [1.165, 1.54) is 0 Å². The topological polar surface area (TPSA) is 71.2 Å². The number of aromatic amines is 1. The van der Waals surface area contributed by atoms with E-state index < -0.39 is 0 Å². The van der Waals surface area contributed by atoms with E-state index in [-0.39, 0.29) is 17.3 Å². The number of aromatic nitrogens is 1. The van der Waals surface area contributed by atoms with Crippen molar-refractivity contribution in [1.29, 1.82) is 0 Å². The second-order valence-corrected chi connectivity index (χ2v) is 6.18. The van der Waals surface area contributed by atoms with Crippen LogP contribution in [0.1, 0.15) is 13.8 Å². The minimum atomic E-state index is -0.121. The zero-order chi connectivity index (χ0) is 18.0. The Morgan fingerprint density at radius 2 is 1.92 bits per heavy atom. The average molecular weight is 336 g/mol. The lowest BCUT2D eigenvalue weighted by Gasteiger charge is -2.10. The van der Waals surface area contributed by atoms with Crippen molar-refractivity contribution in [2.75, 3.05) is 12.4 Å². The molecule has 3 aromatic rings. The number of ether oxygens (including phenoxy) is 1. The summed E-state index contributed by atoms with van der Waals surface area (Å²) in [5.41, 5.74) is 2.82. The Balaban J connectivity index is 2.03. The number of rotatable bonds is 4. The van der Waals surface area contributed by atoms with Gasteiger partial charge in [0.05, 0.1) is 7.11 Å². The predicted molar refractivity (Wildman–Crippen MR) is 100 cm³/mol. The molecule has 1 amide bonds. The van der Waals surface area contributed by atoms with Crippen LogP contribution in [0, 0.1) is 5.92 Å². The van der Waals surface area contributed by atoms with Gasteiger partial charge in [-0.3, -0.25) is 9.59 Å². The van der Waals surface area contributed by atoms with E-state index in [0.717, 1.165) is 17.0 Å². The van der Waals surface area contributed by atoms with Gasteiger partial charge in [0, 0.05) is 39.8 Å². The molecule has 0 saturated heterocycles. The highest BCUT2D eigenvalue weighted by Crippen LogP contribution is 2.24. The smallest absolute Gasteiger partial charge is 0.226 e. The van der Waals surface area contributed by atoms with E-state index in [0.29, 0.717) is 16.6 Å². The van der Waals surface area contributed by atoms with Crippen LogP contribution >= 0.6 is 0 Å². The van der Waals surface area contributed by atoms with Crippen molar-refractivity contribution in [1.82, 2.24) is 4.98 Å². The van der Waals surface area contributed by atoms with Crippen molar-refractivity contribution < 1.29 is 9.53 Å². The molecule has 5 heteroatoms. The molecule has 2 N–H and O–H groups in total. The molecular weight excluding hydrogens is 316 g/mol. The highest BCUT2D eigenvalue weighted by Gasteiger charge is 2.10. The zero-order valence-corrected chi connectivity index (χ0v) is 14.4. The maximum atomic E-state index is 12.5. The van der Waals surface area contributed by atoms with Gasteiger partial charge in [-0.05, 0) is 30.3 Å². The SMILES string of the molecule is COc1cccc(-c2cc(=O)c3cc(NC(=O)C(C)C)ccc3[nH]2)c1. The molecular formula is C20H20N2O3. The number of anilines is 1. The summed E-state index contributed by atoms with van der Waals surface area (Å²) in [4.78, 5) is 27.6. The van der Waals surface area contributed by atoms with Gasteiger partial charge < -0.3 is 15.0 Å². The first-order valence-electron chi connectivity index (χ1n) is 8.10. The molecule has 128 valence electrons. The Hall–Kier alpha value is -3.08. The third-order valence-electron chi connectivity index (χ3n) is 4.00. The Morgan fingerprint density at radius 1 is 1.12 bits per heavy atom. The minimum Gasteiger partial charge on any atom is -0.497 e. The number of nitrogens with one attached hydrogen (secondary N) is 2. The Kier molecular flexibility index (Phi) is 4.57. The lowest BCUT2D eigenvalue weighted by atomic mass is 10.1. The van der Waals surface area contributed by atoms with E-state index in [1.807, 2.05) is 38.1 Å². The number of benzene rings is 2. The number of methoxy groups -OCH3 is 1. The van der Waals surface area contributed by atoms with Crippen LogP contribution in [0.15, 0.2) is 53.3 Å². The van der Waals surface area contributed by atoms with Crippen molar-refractivity contribution in [3.8, 4) is 17.0 Å². The number of carbonyl (C=O) groups excluding carboxylic acids is 1. The van der Waals surface area contributed by atoms with Gasteiger partial charge in [0.25, 0.3) is 0 Å². The van der Waals surface area contributed by atoms with Crippen LogP contribution in [-0.2, 0) is 4.79 Å². The van der Waals surface area contributed by atoms with Gasteiger partial charge in [-0.1, -0.05) is 26.0 Å². The van der Waals surface area contributed by atoms with Crippen molar-refractivity contribution in [2.24, 2.45) is 5.92 Å². The van der Waals surface area contributed by atoms with Gasteiger partial charge in [-0.15, -0.1) is 0 Å². The Labute approximate surface area is 145 Å². The fraction of sp³-hybridized carbons (Fsp3) is 0.200. The number of pyridine rings is 1. The summed E-state index contributed by atoms with van der Waals surface area (Å²) < 4.78 is 5.23. The van der Waals surface area contributed by atoms with Crippen LogP contribution < -0.4 is 15.5 Å². The number of carbonyl (C=O) groups is 1. The molecule has 5 nitrogen and oxygen atoms in total. The molecule has 0 aliphatic heterocycles. The number of H-pyrrole nitrogens is 1. The van der Waals surface area contributed by atoms with E-state index in [1.54, 1.807) is 31.4 Å². The normalized spacial score (nSPS) is 10.9. The lowest BCUT2D eigenvalue weighted by molar-refractivity contribution is -0.118. The monoisotopic (exact) mass is 336 g/mol. The van der Waals surface area contributed by atoms with Gasteiger partial charge in [0.1, 0.15) is 5.75 Å². The molecule has 0 saturated carbocycles. The molecule has 0 bridgehead atoms.